The summed E-state index contributed by atoms with van der Waals surface area (Å²) in [6.45, 7) is 0.380. The van der Waals surface area contributed by atoms with Gasteiger partial charge in [0.1, 0.15) is 18.7 Å². The van der Waals surface area contributed by atoms with Crippen molar-refractivity contribution in [1.29, 1.82) is 0 Å². The van der Waals surface area contributed by atoms with Crippen molar-refractivity contribution in [2.75, 3.05) is 0 Å². The zero-order valence-corrected chi connectivity index (χ0v) is 15.7. The third-order valence-corrected chi connectivity index (χ3v) is 4.53. The molecule has 0 saturated heterocycles. The van der Waals surface area contributed by atoms with Crippen LogP contribution in [0.5, 0.6) is 5.75 Å². The summed E-state index contributed by atoms with van der Waals surface area (Å²) in [5, 5.41) is 0. The third-order valence-electron chi connectivity index (χ3n) is 4.53. The van der Waals surface area contributed by atoms with E-state index >= 15 is 0 Å². The van der Waals surface area contributed by atoms with Crippen LogP contribution in [0.2, 0.25) is 0 Å². The van der Waals surface area contributed by atoms with Crippen molar-refractivity contribution >= 4 is 5.78 Å². The summed E-state index contributed by atoms with van der Waals surface area (Å²) in [5.41, 5.74) is 4.27. The highest BCUT2D eigenvalue weighted by atomic mass is 16.5. The highest BCUT2D eigenvalue weighted by Crippen LogP contribution is 2.28. The van der Waals surface area contributed by atoms with Crippen molar-refractivity contribution in [3.63, 3.8) is 0 Å². The van der Waals surface area contributed by atoms with Crippen LogP contribution >= 0.6 is 0 Å². The Morgan fingerprint density at radius 3 is 2.31 bits per heavy atom. The number of aromatic nitrogens is 3. The Morgan fingerprint density at radius 2 is 1.55 bits per heavy atom. The lowest BCUT2D eigenvalue weighted by molar-refractivity contribution is 0.0988. The van der Waals surface area contributed by atoms with E-state index in [0.717, 1.165) is 22.3 Å². The second kappa shape index (κ2) is 8.89. The lowest BCUT2D eigenvalue weighted by Gasteiger charge is -2.13. The topological polar surface area (TPSA) is 65.0 Å². The van der Waals surface area contributed by atoms with Crippen LogP contribution in [-0.4, -0.2) is 20.7 Å². The zero-order valence-electron chi connectivity index (χ0n) is 15.7. The molecule has 142 valence electrons. The van der Waals surface area contributed by atoms with E-state index in [4.69, 9.17) is 4.74 Å². The maximum atomic E-state index is 13.0. The van der Waals surface area contributed by atoms with Crippen molar-refractivity contribution in [2.24, 2.45) is 0 Å². The number of carbonyl (C=O) groups excluding carboxylic acids is 1. The maximum Gasteiger partial charge on any atom is 0.170 e. The normalized spacial score (nSPS) is 10.5. The third kappa shape index (κ3) is 4.71. The van der Waals surface area contributed by atoms with Gasteiger partial charge in [0, 0.05) is 36.8 Å². The van der Waals surface area contributed by atoms with E-state index in [2.05, 4.69) is 15.0 Å². The van der Waals surface area contributed by atoms with Crippen LogP contribution in [0.3, 0.4) is 0 Å². The molecule has 4 aromatic rings. The minimum absolute atomic E-state index is 0.00452. The Balaban J connectivity index is 1.64. The molecule has 29 heavy (non-hydrogen) atoms. The van der Waals surface area contributed by atoms with E-state index < -0.39 is 0 Å². The first kappa shape index (κ1) is 18.5. The number of benzene rings is 2. The largest absolute Gasteiger partial charge is 0.488 e. The van der Waals surface area contributed by atoms with Crippen molar-refractivity contribution in [1.82, 2.24) is 15.0 Å². The van der Waals surface area contributed by atoms with Gasteiger partial charge in [0.2, 0.25) is 0 Å². The quantitative estimate of drug-likeness (QED) is 0.440. The number of ketones is 1. The molecule has 0 radical (unpaired) electrons. The minimum atomic E-state index is -0.00452. The first-order valence-corrected chi connectivity index (χ1v) is 9.28. The first-order chi connectivity index (χ1) is 14.3. The van der Waals surface area contributed by atoms with Crippen molar-refractivity contribution < 1.29 is 9.53 Å². The number of hydrogen-bond donors (Lipinski definition) is 0. The second-order valence-corrected chi connectivity index (χ2v) is 6.57. The summed E-state index contributed by atoms with van der Waals surface area (Å²) >= 11 is 0. The smallest absolute Gasteiger partial charge is 0.170 e. The molecule has 4 rings (SSSR count). The summed E-state index contributed by atoms with van der Waals surface area (Å²) < 4.78 is 6.07. The van der Waals surface area contributed by atoms with Gasteiger partial charge in [-0.15, -0.1) is 0 Å². The first-order valence-electron chi connectivity index (χ1n) is 9.28. The molecule has 0 amide bonds. The molecule has 0 unspecified atom stereocenters. The van der Waals surface area contributed by atoms with Gasteiger partial charge in [-0.2, -0.15) is 0 Å². The molecule has 0 spiro atoms. The lowest BCUT2D eigenvalue weighted by atomic mass is 9.99. The number of pyridine rings is 1. The van der Waals surface area contributed by atoms with Crippen molar-refractivity contribution in [3.05, 3.63) is 108 Å². The highest BCUT2D eigenvalue weighted by Gasteiger charge is 2.15. The molecule has 0 atom stereocenters. The molecule has 0 bridgehead atoms. The van der Waals surface area contributed by atoms with E-state index in [9.17, 15) is 4.79 Å². The Bertz CT molecular complexity index is 1080. The van der Waals surface area contributed by atoms with Crippen molar-refractivity contribution in [3.8, 4) is 16.9 Å². The van der Waals surface area contributed by atoms with Gasteiger partial charge >= 0.3 is 0 Å². The van der Waals surface area contributed by atoms with E-state index in [1.54, 1.807) is 24.8 Å². The molecular weight excluding hydrogens is 362 g/mol. The molecular formula is C24H19N3O2. The number of rotatable bonds is 7. The summed E-state index contributed by atoms with van der Waals surface area (Å²) in [6.07, 6.45) is 8.63. The van der Waals surface area contributed by atoms with Gasteiger partial charge in [0.25, 0.3) is 0 Å². The Kier molecular flexibility index (Phi) is 5.67. The van der Waals surface area contributed by atoms with Gasteiger partial charge in [-0.1, -0.05) is 36.4 Å². The summed E-state index contributed by atoms with van der Waals surface area (Å²) in [7, 11) is 0. The second-order valence-electron chi connectivity index (χ2n) is 6.57. The molecule has 0 saturated carbocycles. The Labute approximate surface area is 169 Å². The molecule has 0 fully saturated rings. The molecule has 0 aliphatic carbocycles. The van der Waals surface area contributed by atoms with Crippen LogP contribution in [-0.2, 0) is 13.0 Å². The highest BCUT2D eigenvalue weighted by molar-refractivity contribution is 6.00. The van der Waals surface area contributed by atoms with Gasteiger partial charge in [-0.25, -0.2) is 9.97 Å². The molecule has 5 heteroatoms. The standard InChI is InChI=1S/C24H19N3O2/c28-23(12-18-8-10-25-11-9-18)22-7-6-20(21-14-26-17-27-15-21)13-24(22)29-16-19-4-2-1-3-5-19/h1-11,13-15,17H,12,16H2. The van der Waals surface area contributed by atoms with E-state index in [1.165, 1.54) is 6.33 Å². The SMILES string of the molecule is O=C(Cc1ccncc1)c1ccc(-c2cncnc2)cc1OCc1ccccc1. The van der Waals surface area contributed by atoms with Crippen LogP contribution < -0.4 is 4.74 Å². The summed E-state index contributed by atoms with van der Waals surface area (Å²) in [4.78, 5) is 25.1. The fraction of sp³-hybridized carbons (Fsp3) is 0.0833. The average Bonchev–Trinajstić information content (AvgIpc) is 2.79. The molecule has 0 aliphatic rings. The van der Waals surface area contributed by atoms with Crippen LogP contribution in [0.4, 0.5) is 0 Å². The summed E-state index contributed by atoms with van der Waals surface area (Å²) in [5.74, 6) is 0.546. The zero-order chi connectivity index (χ0) is 19.9. The van der Waals surface area contributed by atoms with Gasteiger partial charge in [0.15, 0.2) is 5.78 Å². The van der Waals surface area contributed by atoms with Gasteiger partial charge in [-0.3, -0.25) is 9.78 Å². The molecule has 0 N–H and O–H groups in total. The predicted octanol–water partition coefficient (Wildman–Crippen LogP) is 4.54. The number of Topliss-reactive ketones (excluding diaryl/α,β-unsaturated/α-hetero) is 1. The van der Waals surface area contributed by atoms with Gasteiger partial charge in [0.05, 0.1) is 5.56 Å². The number of nitrogens with zero attached hydrogens (tertiary/aromatic N) is 3. The van der Waals surface area contributed by atoms with Crippen LogP contribution in [0.1, 0.15) is 21.5 Å². The fourth-order valence-electron chi connectivity index (χ4n) is 3.02. The van der Waals surface area contributed by atoms with Crippen LogP contribution in [0.15, 0.2) is 91.8 Å². The fourth-order valence-corrected chi connectivity index (χ4v) is 3.02. The Morgan fingerprint density at radius 1 is 0.793 bits per heavy atom. The van der Waals surface area contributed by atoms with E-state index in [0.29, 0.717) is 17.9 Å². The number of carbonyl (C=O) groups is 1. The minimum Gasteiger partial charge on any atom is -0.488 e. The van der Waals surface area contributed by atoms with Crippen LogP contribution in [0.25, 0.3) is 11.1 Å². The van der Waals surface area contributed by atoms with Crippen molar-refractivity contribution in [2.45, 2.75) is 13.0 Å². The van der Waals surface area contributed by atoms with Gasteiger partial charge in [-0.05, 0) is 41.0 Å². The van der Waals surface area contributed by atoms with E-state index in [-0.39, 0.29) is 12.2 Å². The average molecular weight is 381 g/mol. The molecule has 0 aliphatic heterocycles. The summed E-state index contributed by atoms with van der Waals surface area (Å²) in [6, 6.07) is 19.2. The van der Waals surface area contributed by atoms with E-state index in [1.807, 2.05) is 60.7 Å². The monoisotopic (exact) mass is 381 g/mol. The predicted molar refractivity (Wildman–Crippen MR) is 111 cm³/mol. The Hall–Kier alpha value is -3.86. The number of ether oxygens (including phenoxy) is 1. The molecule has 2 aromatic heterocycles. The van der Waals surface area contributed by atoms with Gasteiger partial charge < -0.3 is 4.74 Å². The number of hydrogen-bond acceptors (Lipinski definition) is 5. The lowest BCUT2D eigenvalue weighted by Crippen LogP contribution is -2.07. The molecule has 2 aromatic carbocycles. The molecule has 5 nitrogen and oxygen atoms in total. The molecule has 2 heterocycles. The maximum absolute atomic E-state index is 13.0. The van der Waals surface area contributed by atoms with Crippen LogP contribution in [0, 0.1) is 0 Å².